The molecule has 1 unspecified atom stereocenters. The molecule has 2 aromatic rings. The predicted octanol–water partition coefficient (Wildman–Crippen LogP) is 3.97. The number of nitrogens with one attached hydrogen (secondary N) is 1. The van der Waals surface area contributed by atoms with Crippen molar-refractivity contribution in [3.8, 4) is 0 Å². The van der Waals surface area contributed by atoms with Gasteiger partial charge in [-0.2, -0.15) is 5.10 Å². The number of rotatable bonds is 6. The Hall–Kier alpha value is -1.20. The van der Waals surface area contributed by atoms with Crippen molar-refractivity contribution in [2.75, 3.05) is 6.54 Å². The van der Waals surface area contributed by atoms with Crippen LogP contribution in [0.15, 0.2) is 28.9 Å². The largest absolute Gasteiger partial charge is 0.306 e. The van der Waals surface area contributed by atoms with Gasteiger partial charge in [0.1, 0.15) is 5.82 Å². The van der Waals surface area contributed by atoms with Gasteiger partial charge in [0.2, 0.25) is 0 Å². The first kappa shape index (κ1) is 16.2. The minimum absolute atomic E-state index is 0.175. The first-order valence-corrected chi connectivity index (χ1v) is 8.07. The van der Waals surface area contributed by atoms with Gasteiger partial charge in [0.15, 0.2) is 0 Å². The first-order chi connectivity index (χ1) is 10.1. The molecule has 0 saturated heterocycles. The zero-order chi connectivity index (χ0) is 15.4. The van der Waals surface area contributed by atoms with Crippen LogP contribution in [-0.2, 0) is 13.5 Å². The Balaban J connectivity index is 2.49. The predicted molar refractivity (Wildman–Crippen MR) is 86.8 cm³/mol. The molecule has 0 aliphatic rings. The zero-order valence-electron chi connectivity index (χ0n) is 12.7. The van der Waals surface area contributed by atoms with Crippen molar-refractivity contribution in [3.63, 3.8) is 0 Å². The topological polar surface area (TPSA) is 29.9 Å². The van der Waals surface area contributed by atoms with E-state index in [-0.39, 0.29) is 11.9 Å². The lowest BCUT2D eigenvalue weighted by Crippen LogP contribution is -2.24. The number of nitrogens with zero attached hydrogens (tertiary/aromatic N) is 2. The number of aromatic nitrogens is 2. The minimum atomic E-state index is -0.211. The van der Waals surface area contributed by atoms with E-state index in [0.717, 1.165) is 30.6 Å². The molecule has 0 bridgehead atoms. The Bertz CT molecular complexity index is 610. The molecule has 0 saturated carbocycles. The van der Waals surface area contributed by atoms with Gasteiger partial charge in [-0.3, -0.25) is 4.68 Å². The zero-order valence-corrected chi connectivity index (χ0v) is 14.2. The van der Waals surface area contributed by atoms with Gasteiger partial charge in [0, 0.05) is 24.4 Å². The maximum atomic E-state index is 14.5. The maximum absolute atomic E-state index is 14.5. The molecule has 0 radical (unpaired) electrons. The fraction of sp³-hybridized carbons (Fsp3) is 0.438. The van der Waals surface area contributed by atoms with Crippen LogP contribution in [0.25, 0.3) is 0 Å². The third kappa shape index (κ3) is 3.52. The number of hydrogen-bond acceptors (Lipinski definition) is 2. The monoisotopic (exact) mass is 353 g/mol. The number of aryl methyl sites for hydroxylation is 2. The normalized spacial score (nSPS) is 12.6. The van der Waals surface area contributed by atoms with Crippen LogP contribution in [0.5, 0.6) is 0 Å². The lowest BCUT2D eigenvalue weighted by Gasteiger charge is -2.20. The molecule has 0 fully saturated rings. The molecule has 2 rings (SSSR count). The van der Waals surface area contributed by atoms with Crippen LogP contribution in [0.3, 0.4) is 0 Å². The Kier molecular flexibility index (Phi) is 5.53. The number of halogens is 2. The standard InChI is InChI=1S/C16H21BrFN3/c1-4-9-19-16(11-7-6-8-13(17)15(11)18)12-10-21(3)20-14(12)5-2/h6-8,10,16,19H,4-5,9H2,1-3H3. The van der Waals surface area contributed by atoms with E-state index >= 15 is 0 Å². The average Bonchev–Trinajstić information content (AvgIpc) is 2.84. The Labute approximate surface area is 133 Å². The van der Waals surface area contributed by atoms with Gasteiger partial charge < -0.3 is 5.32 Å². The van der Waals surface area contributed by atoms with Crippen LogP contribution in [0, 0.1) is 5.82 Å². The highest BCUT2D eigenvalue weighted by molar-refractivity contribution is 9.10. The van der Waals surface area contributed by atoms with Gasteiger partial charge >= 0.3 is 0 Å². The summed E-state index contributed by atoms with van der Waals surface area (Å²) in [5.74, 6) is -0.211. The van der Waals surface area contributed by atoms with E-state index in [4.69, 9.17) is 0 Å². The molecule has 0 aliphatic heterocycles. The van der Waals surface area contributed by atoms with Crippen molar-refractivity contribution >= 4 is 15.9 Å². The molecular formula is C16H21BrFN3. The van der Waals surface area contributed by atoms with Crippen LogP contribution in [0.2, 0.25) is 0 Å². The van der Waals surface area contributed by atoms with Gasteiger partial charge in [0.05, 0.1) is 16.2 Å². The van der Waals surface area contributed by atoms with Crippen molar-refractivity contribution < 1.29 is 4.39 Å². The Morgan fingerprint density at radius 2 is 2.10 bits per heavy atom. The summed E-state index contributed by atoms with van der Waals surface area (Å²) < 4.78 is 16.8. The van der Waals surface area contributed by atoms with E-state index in [1.54, 1.807) is 10.7 Å². The summed E-state index contributed by atoms with van der Waals surface area (Å²) in [6.45, 7) is 5.00. The first-order valence-electron chi connectivity index (χ1n) is 7.28. The van der Waals surface area contributed by atoms with Gasteiger partial charge in [-0.25, -0.2) is 4.39 Å². The van der Waals surface area contributed by atoms with Crippen molar-refractivity contribution in [2.24, 2.45) is 7.05 Å². The van der Waals surface area contributed by atoms with E-state index in [9.17, 15) is 4.39 Å². The summed E-state index contributed by atoms with van der Waals surface area (Å²) in [6.07, 6.45) is 3.80. The summed E-state index contributed by atoms with van der Waals surface area (Å²) in [4.78, 5) is 0. The molecule has 0 spiro atoms. The van der Waals surface area contributed by atoms with Crippen LogP contribution in [0.1, 0.15) is 43.1 Å². The molecule has 1 heterocycles. The van der Waals surface area contributed by atoms with Crippen LogP contribution >= 0.6 is 15.9 Å². The van der Waals surface area contributed by atoms with Crippen molar-refractivity contribution in [3.05, 3.63) is 51.5 Å². The molecule has 3 nitrogen and oxygen atoms in total. The molecule has 1 aromatic heterocycles. The number of hydrogen-bond donors (Lipinski definition) is 1. The van der Waals surface area contributed by atoms with E-state index in [1.165, 1.54) is 0 Å². The molecule has 1 aromatic carbocycles. The molecule has 0 aliphatic carbocycles. The third-order valence-corrected chi connectivity index (χ3v) is 4.09. The fourth-order valence-electron chi connectivity index (χ4n) is 2.49. The summed E-state index contributed by atoms with van der Waals surface area (Å²) in [7, 11) is 1.90. The smallest absolute Gasteiger partial charge is 0.142 e. The summed E-state index contributed by atoms with van der Waals surface area (Å²) in [6, 6.07) is 5.25. The second-order valence-electron chi connectivity index (χ2n) is 5.09. The quantitative estimate of drug-likeness (QED) is 0.851. The van der Waals surface area contributed by atoms with Gasteiger partial charge in [-0.15, -0.1) is 0 Å². The Morgan fingerprint density at radius 1 is 1.33 bits per heavy atom. The molecule has 114 valence electrons. The molecule has 1 atom stereocenters. The Morgan fingerprint density at radius 3 is 2.76 bits per heavy atom. The summed E-state index contributed by atoms with van der Waals surface area (Å²) >= 11 is 3.27. The average molecular weight is 354 g/mol. The van der Waals surface area contributed by atoms with Gasteiger partial charge in [0.25, 0.3) is 0 Å². The molecule has 21 heavy (non-hydrogen) atoms. The lowest BCUT2D eigenvalue weighted by atomic mass is 9.97. The van der Waals surface area contributed by atoms with Crippen molar-refractivity contribution in [2.45, 2.75) is 32.7 Å². The third-order valence-electron chi connectivity index (χ3n) is 3.47. The van der Waals surface area contributed by atoms with E-state index < -0.39 is 0 Å². The minimum Gasteiger partial charge on any atom is -0.306 e. The molecule has 0 amide bonds. The highest BCUT2D eigenvalue weighted by Crippen LogP contribution is 2.30. The maximum Gasteiger partial charge on any atom is 0.142 e. The van der Waals surface area contributed by atoms with E-state index in [0.29, 0.717) is 10.0 Å². The van der Waals surface area contributed by atoms with Crippen molar-refractivity contribution in [1.29, 1.82) is 0 Å². The summed E-state index contributed by atoms with van der Waals surface area (Å²) in [5.41, 5.74) is 2.71. The molecule has 5 heteroatoms. The summed E-state index contributed by atoms with van der Waals surface area (Å²) in [5, 5.41) is 7.92. The number of benzene rings is 1. The molecule has 1 N–H and O–H groups in total. The van der Waals surface area contributed by atoms with Crippen LogP contribution < -0.4 is 5.32 Å². The molecular weight excluding hydrogens is 333 g/mol. The van der Waals surface area contributed by atoms with Crippen molar-refractivity contribution in [1.82, 2.24) is 15.1 Å². The fourth-order valence-corrected chi connectivity index (χ4v) is 2.87. The van der Waals surface area contributed by atoms with Crippen LogP contribution in [0.4, 0.5) is 4.39 Å². The van der Waals surface area contributed by atoms with E-state index in [1.807, 2.05) is 25.4 Å². The second-order valence-corrected chi connectivity index (χ2v) is 5.94. The second kappa shape index (κ2) is 7.18. The van der Waals surface area contributed by atoms with Gasteiger partial charge in [-0.05, 0) is 41.4 Å². The highest BCUT2D eigenvalue weighted by atomic mass is 79.9. The van der Waals surface area contributed by atoms with Crippen LogP contribution in [-0.4, -0.2) is 16.3 Å². The SMILES string of the molecule is CCCNC(c1cn(C)nc1CC)c1cccc(Br)c1F. The lowest BCUT2D eigenvalue weighted by molar-refractivity contribution is 0.541. The van der Waals surface area contributed by atoms with Gasteiger partial charge in [-0.1, -0.05) is 26.0 Å². The van der Waals surface area contributed by atoms with E-state index in [2.05, 4.69) is 40.2 Å². The highest BCUT2D eigenvalue weighted by Gasteiger charge is 2.22.